The average Bonchev–Trinajstić information content (AvgIpc) is 2.57. The van der Waals surface area contributed by atoms with Gasteiger partial charge in [-0.3, -0.25) is 4.79 Å². The van der Waals surface area contributed by atoms with E-state index in [1.807, 2.05) is 0 Å². The molecule has 0 aliphatic heterocycles. The number of rotatable bonds is 4. The van der Waals surface area contributed by atoms with E-state index in [0.29, 0.717) is 5.56 Å². The minimum absolute atomic E-state index is 0.0866. The maximum Gasteiger partial charge on any atom is 0.193 e. The highest BCUT2D eigenvalue weighted by Gasteiger charge is 2.27. The zero-order valence-electron chi connectivity index (χ0n) is 14.4. The third-order valence-electron chi connectivity index (χ3n) is 4.34. The summed E-state index contributed by atoms with van der Waals surface area (Å²) in [6.07, 6.45) is -1.25. The standard InChI is InChI=1S/C20H20O6/c1-20(2,25)18(24)9-14-15(22)8-7-13-16(23)10-17(26-19(13)14)11-3-5-12(21)6-4-11/h3-8,10,18,21-22,24-25H,9H2,1-2H3/t18-/m1/s1. The van der Waals surface area contributed by atoms with Crippen molar-refractivity contribution in [1.29, 1.82) is 0 Å². The molecule has 4 N–H and O–H groups in total. The van der Waals surface area contributed by atoms with Gasteiger partial charge in [0.15, 0.2) is 5.43 Å². The Balaban J connectivity index is 2.20. The highest BCUT2D eigenvalue weighted by Crippen LogP contribution is 2.31. The second-order valence-electron chi connectivity index (χ2n) is 6.84. The van der Waals surface area contributed by atoms with E-state index in [2.05, 4.69) is 0 Å². The van der Waals surface area contributed by atoms with Gasteiger partial charge in [0.1, 0.15) is 22.8 Å². The van der Waals surface area contributed by atoms with E-state index in [4.69, 9.17) is 4.42 Å². The van der Waals surface area contributed by atoms with Crippen LogP contribution in [-0.2, 0) is 6.42 Å². The maximum absolute atomic E-state index is 12.5. The van der Waals surface area contributed by atoms with E-state index in [1.54, 1.807) is 12.1 Å². The number of aliphatic hydroxyl groups excluding tert-OH is 1. The van der Waals surface area contributed by atoms with Crippen LogP contribution in [0.5, 0.6) is 11.5 Å². The van der Waals surface area contributed by atoms with Crippen LogP contribution < -0.4 is 5.43 Å². The first-order chi connectivity index (χ1) is 12.2. The highest BCUT2D eigenvalue weighted by molar-refractivity contribution is 5.83. The summed E-state index contributed by atoms with van der Waals surface area (Å²) in [6, 6.07) is 10.3. The van der Waals surface area contributed by atoms with Gasteiger partial charge >= 0.3 is 0 Å². The molecule has 3 aromatic rings. The first-order valence-corrected chi connectivity index (χ1v) is 8.15. The summed E-state index contributed by atoms with van der Waals surface area (Å²) in [5, 5.41) is 40.1. The van der Waals surface area contributed by atoms with Crippen LogP contribution in [0.3, 0.4) is 0 Å². The second kappa shape index (κ2) is 6.48. The first-order valence-electron chi connectivity index (χ1n) is 8.15. The normalized spacial score (nSPS) is 13.1. The zero-order valence-corrected chi connectivity index (χ0v) is 14.4. The lowest BCUT2D eigenvalue weighted by molar-refractivity contribution is -0.0470. The number of aliphatic hydroxyl groups is 2. The van der Waals surface area contributed by atoms with Gasteiger partial charge in [-0.2, -0.15) is 0 Å². The molecule has 2 aromatic carbocycles. The van der Waals surface area contributed by atoms with Crippen molar-refractivity contribution in [2.24, 2.45) is 0 Å². The fourth-order valence-corrected chi connectivity index (χ4v) is 2.67. The largest absolute Gasteiger partial charge is 0.508 e. The molecular weight excluding hydrogens is 336 g/mol. The number of benzene rings is 2. The number of phenols is 2. The van der Waals surface area contributed by atoms with Crippen molar-refractivity contribution < 1.29 is 24.8 Å². The molecule has 26 heavy (non-hydrogen) atoms. The van der Waals surface area contributed by atoms with Gasteiger partial charge in [-0.1, -0.05) is 0 Å². The van der Waals surface area contributed by atoms with Gasteiger partial charge < -0.3 is 24.8 Å². The molecule has 0 saturated heterocycles. The SMILES string of the molecule is CC(C)(O)[C@H](O)Cc1c(O)ccc2c(=O)cc(-c3ccc(O)cc3)oc12. The molecular formula is C20H20O6. The van der Waals surface area contributed by atoms with Crippen LogP contribution in [0.2, 0.25) is 0 Å². The molecule has 3 rings (SSSR count). The van der Waals surface area contributed by atoms with Gasteiger partial charge in [0.2, 0.25) is 0 Å². The molecule has 0 aliphatic rings. The number of fused-ring (bicyclic) bond motifs is 1. The minimum Gasteiger partial charge on any atom is -0.508 e. The highest BCUT2D eigenvalue weighted by atomic mass is 16.3. The van der Waals surface area contributed by atoms with Crippen LogP contribution in [-0.4, -0.2) is 32.1 Å². The van der Waals surface area contributed by atoms with Crippen LogP contribution in [0.15, 0.2) is 51.7 Å². The van der Waals surface area contributed by atoms with Crippen molar-refractivity contribution in [3.63, 3.8) is 0 Å². The topological polar surface area (TPSA) is 111 Å². The number of hydrogen-bond acceptors (Lipinski definition) is 6. The Kier molecular flexibility index (Phi) is 4.48. The number of aromatic hydroxyl groups is 2. The Morgan fingerprint density at radius 1 is 1.08 bits per heavy atom. The molecule has 0 spiro atoms. The number of phenolic OH excluding ortho intramolecular Hbond substituents is 2. The fraction of sp³-hybridized carbons (Fsp3) is 0.250. The predicted molar refractivity (Wildman–Crippen MR) is 97.3 cm³/mol. The van der Waals surface area contributed by atoms with Crippen LogP contribution in [0.4, 0.5) is 0 Å². The van der Waals surface area contributed by atoms with Gasteiger partial charge in [-0.25, -0.2) is 0 Å². The van der Waals surface area contributed by atoms with E-state index in [9.17, 15) is 25.2 Å². The summed E-state index contributed by atoms with van der Waals surface area (Å²) in [6.45, 7) is 2.91. The summed E-state index contributed by atoms with van der Waals surface area (Å²) < 4.78 is 5.86. The molecule has 136 valence electrons. The van der Waals surface area contributed by atoms with Gasteiger partial charge in [-0.15, -0.1) is 0 Å². The van der Waals surface area contributed by atoms with Gasteiger partial charge in [0.05, 0.1) is 17.1 Å². The van der Waals surface area contributed by atoms with Crippen LogP contribution in [0, 0.1) is 0 Å². The molecule has 0 fully saturated rings. The zero-order chi connectivity index (χ0) is 19.1. The first kappa shape index (κ1) is 18.0. The Bertz CT molecular complexity index is 996. The number of hydrogen-bond donors (Lipinski definition) is 4. The molecule has 0 bridgehead atoms. The molecule has 6 heteroatoms. The van der Waals surface area contributed by atoms with Crippen LogP contribution >= 0.6 is 0 Å². The minimum atomic E-state index is -1.39. The lowest BCUT2D eigenvalue weighted by Crippen LogP contribution is -2.37. The molecule has 0 saturated carbocycles. The molecule has 0 radical (unpaired) electrons. The monoisotopic (exact) mass is 356 g/mol. The van der Waals surface area contributed by atoms with Crippen molar-refractivity contribution in [3.8, 4) is 22.8 Å². The van der Waals surface area contributed by atoms with E-state index < -0.39 is 11.7 Å². The Morgan fingerprint density at radius 2 is 1.73 bits per heavy atom. The van der Waals surface area contributed by atoms with E-state index >= 15 is 0 Å². The smallest absolute Gasteiger partial charge is 0.193 e. The predicted octanol–water partition coefficient (Wildman–Crippen LogP) is 2.55. The molecule has 1 atom stereocenters. The van der Waals surface area contributed by atoms with Crippen molar-refractivity contribution >= 4 is 11.0 Å². The lowest BCUT2D eigenvalue weighted by atomic mass is 9.93. The van der Waals surface area contributed by atoms with Crippen molar-refractivity contribution in [1.82, 2.24) is 0 Å². The van der Waals surface area contributed by atoms with Gasteiger partial charge in [0.25, 0.3) is 0 Å². The van der Waals surface area contributed by atoms with Crippen molar-refractivity contribution in [2.45, 2.75) is 32.0 Å². The van der Waals surface area contributed by atoms with Crippen LogP contribution in [0.1, 0.15) is 19.4 Å². The van der Waals surface area contributed by atoms with Crippen molar-refractivity contribution in [2.75, 3.05) is 0 Å². The summed E-state index contributed by atoms with van der Waals surface area (Å²) in [5.74, 6) is 0.224. The van der Waals surface area contributed by atoms with Gasteiger partial charge in [-0.05, 0) is 50.2 Å². The molecule has 6 nitrogen and oxygen atoms in total. The summed E-state index contributed by atoms with van der Waals surface area (Å²) in [5.41, 5.74) is -0.699. The average molecular weight is 356 g/mol. The third kappa shape index (κ3) is 3.42. The summed E-state index contributed by atoms with van der Waals surface area (Å²) in [7, 11) is 0. The Morgan fingerprint density at radius 3 is 2.35 bits per heavy atom. The molecule has 1 aromatic heterocycles. The van der Waals surface area contributed by atoms with E-state index in [-0.39, 0.29) is 45.6 Å². The van der Waals surface area contributed by atoms with Crippen molar-refractivity contribution in [3.05, 3.63) is 58.3 Å². The second-order valence-corrected chi connectivity index (χ2v) is 6.84. The molecule has 0 amide bonds. The van der Waals surface area contributed by atoms with E-state index in [1.165, 1.54) is 44.2 Å². The Labute approximate surface area is 149 Å². The third-order valence-corrected chi connectivity index (χ3v) is 4.34. The Hall–Kier alpha value is -2.83. The van der Waals surface area contributed by atoms with E-state index in [0.717, 1.165) is 0 Å². The summed E-state index contributed by atoms with van der Waals surface area (Å²) >= 11 is 0. The summed E-state index contributed by atoms with van der Waals surface area (Å²) in [4.78, 5) is 12.5. The lowest BCUT2D eigenvalue weighted by Gasteiger charge is -2.25. The quantitative estimate of drug-likeness (QED) is 0.572. The van der Waals surface area contributed by atoms with Crippen LogP contribution in [0.25, 0.3) is 22.3 Å². The fourth-order valence-electron chi connectivity index (χ4n) is 2.67. The molecule has 1 heterocycles. The maximum atomic E-state index is 12.5. The van der Waals surface area contributed by atoms with Gasteiger partial charge in [0, 0.05) is 23.6 Å². The molecule has 0 aliphatic carbocycles. The molecule has 0 unspecified atom stereocenters.